The molecule has 0 bridgehead atoms. The van der Waals surface area contributed by atoms with E-state index in [4.69, 9.17) is 4.74 Å². The molecule has 122 valence electrons. The Labute approximate surface area is 134 Å². The van der Waals surface area contributed by atoms with Crippen LogP contribution in [0.2, 0.25) is 0 Å². The third-order valence-corrected chi connectivity index (χ3v) is 4.33. The number of carbonyl (C=O) groups excluding carboxylic acids is 2. The Kier molecular flexibility index (Phi) is 6.14. The number of ether oxygens (including phenoxy) is 1. The molecule has 3 amide bonds. The maximum absolute atomic E-state index is 12.0. The molecule has 1 saturated heterocycles. The van der Waals surface area contributed by atoms with Crippen LogP contribution in [0.5, 0.6) is 0 Å². The quantitative estimate of drug-likeness (QED) is 0.787. The summed E-state index contributed by atoms with van der Waals surface area (Å²) >= 11 is 1.39. The Hall–Kier alpha value is -1.67. The number of carbonyl (C=O) groups is 2. The minimum absolute atomic E-state index is 0.0171. The lowest BCUT2D eigenvalue weighted by Crippen LogP contribution is -2.46. The van der Waals surface area contributed by atoms with Gasteiger partial charge < -0.3 is 15.4 Å². The van der Waals surface area contributed by atoms with Crippen LogP contribution in [-0.2, 0) is 16.0 Å². The zero-order valence-electron chi connectivity index (χ0n) is 12.9. The lowest BCUT2D eigenvalue weighted by molar-refractivity contribution is -0.121. The highest BCUT2D eigenvalue weighted by molar-refractivity contribution is 7.14. The van der Waals surface area contributed by atoms with Crippen molar-refractivity contribution in [1.82, 2.24) is 15.6 Å². The minimum atomic E-state index is -0.122. The van der Waals surface area contributed by atoms with E-state index in [0.717, 1.165) is 12.8 Å². The van der Waals surface area contributed by atoms with Crippen LogP contribution in [0.25, 0.3) is 0 Å². The third kappa shape index (κ3) is 4.41. The smallest absolute Gasteiger partial charge is 0.323 e. The zero-order chi connectivity index (χ0) is 15.9. The van der Waals surface area contributed by atoms with Gasteiger partial charge in [-0.3, -0.25) is 9.69 Å². The van der Waals surface area contributed by atoms with Gasteiger partial charge in [0.05, 0.1) is 24.8 Å². The number of urea groups is 1. The molecule has 22 heavy (non-hydrogen) atoms. The van der Waals surface area contributed by atoms with Crippen molar-refractivity contribution >= 4 is 28.4 Å². The van der Waals surface area contributed by atoms with Gasteiger partial charge in [-0.1, -0.05) is 6.92 Å². The molecule has 1 fully saturated rings. The molecule has 0 saturated carbocycles. The molecule has 1 aliphatic rings. The average molecular weight is 326 g/mol. The second kappa shape index (κ2) is 8.09. The highest BCUT2D eigenvalue weighted by Crippen LogP contribution is 2.22. The Morgan fingerprint density at radius 2 is 2.45 bits per heavy atom. The first kappa shape index (κ1) is 16.7. The molecule has 1 aromatic heterocycles. The summed E-state index contributed by atoms with van der Waals surface area (Å²) in [6.07, 6.45) is 1.93. The van der Waals surface area contributed by atoms with E-state index < -0.39 is 0 Å². The molecular weight excluding hydrogens is 304 g/mol. The first-order valence-electron chi connectivity index (χ1n) is 7.42. The molecule has 2 heterocycles. The minimum Gasteiger partial charge on any atom is -0.383 e. The summed E-state index contributed by atoms with van der Waals surface area (Å²) < 4.78 is 5.06. The molecular formula is C14H22N4O3S. The number of aromatic nitrogens is 1. The van der Waals surface area contributed by atoms with Gasteiger partial charge in [-0.2, -0.15) is 0 Å². The van der Waals surface area contributed by atoms with Gasteiger partial charge in [0.2, 0.25) is 5.91 Å². The van der Waals surface area contributed by atoms with E-state index in [2.05, 4.69) is 15.6 Å². The first-order chi connectivity index (χ1) is 10.6. The van der Waals surface area contributed by atoms with Gasteiger partial charge in [0.15, 0.2) is 5.13 Å². The number of anilines is 1. The molecule has 0 spiro atoms. The standard InChI is InChI=1S/C14H22N4O3S/c1-3-10(8-21-2)16-12(19)7-11-9-22-14(17-11)18-6-4-5-15-13(18)20/h9-10H,3-8H2,1-2H3,(H,15,20)(H,16,19). The number of methoxy groups -OCH3 is 1. The molecule has 0 aliphatic carbocycles. The predicted molar refractivity (Wildman–Crippen MR) is 85.3 cm³/mol. The number of nitrogens with one attached hydrogen (secondary N) is 2. The van der Waals surface area contributed by atoms with E-state index in [1.54, 1.807) is 12.0 Å². The molecule has 2 rings (SSSR count). The molecule has 0 aromatic carbocycles. The van der Waals surface area contributed by atoms with E-state index in [-0.39, 0.29) is 24.4 Å². The van der Waals surface area contributed by atoms with Crippen LogP contribution in [0.1, 0.15) is 25.5 Å². The van der Waals surface area contributed by atoms with Crippen molar-refractivity contribution in [3.05, 3.63) is 11.1 Å². The van der Waals surface area contributed by atoms with Gasteiger partial charge in [0.1, 0.15) is 0 Å². The van der Waals surface area contributed by atoms with Gasteiger partial charge in [-0.25, -0.2) is 9.78 Å². The molecule has 8 heteroatoms. The second-order valence-electron chi connectivity index (χ2n) is 5.16. The predicted octanol–water partition coefficient (Wildman–Crippen LogP) is 1.15. The molecule has 7 nitrogen and oxygen atoms in total. The van der Waals surface area contributed by atoms with E-state index in [9.17, 15) is 9.59 Å². The zero-order valence-corrected chi connectivity index (χ0v) is 13.7. The van der Waals surface area contributed by atoms with Gasteiger partial charge >= 0.3 is 6.03 Å². The second-order valence-corrected chi connectivity index (χ2v) is 6.00. The van der Waals surface area contributed by atoms with Crippen molar-refractivity contribution in [2.24, 2.45) is 0 Å². The van der Waals surface area contributed by atoms with Crippen LogP contribution in [0.15, 0.2) is 5.38 Å². The van der Waals surface area contributed by atoms with Crippen LogP contribution in [0.3, 0.4) is 0 Å². The summed E-state index contributed by atoms with van der Waals surface area (Å²) in [6, 6.07) is -0.105. The number of hydrogen-bond donors (Lipinski definition) is 2. The molecule has 2 N–H and O–H groups in total. The lowest BCUT2D eigenvalue weighted by Gasteiger charge is -2.24. The highest BCUT2D eigenvalue weighted by atomic mass is 32.1. The highest BCUT2D eigenvalue weighted by Gasteiger charge is 2.22. The van der Waals surface area contributed by atoms with Crippen LogP contribution in [-0.4, -0.2) is 49.8 Å². The van der Waals surface area contributed by atoms with Crippen molar-refractivity contribution in [2.45, 2.75) is 32.2 Å². The number of thiazole rings is 1. The fourth-order valence-electron chi connectivity index (χ4n) is 2.22. The number of hydrogen-bond acceptors (Lipinski definition) is 5. The maximum atomic E-state index is 12.0. The molecule has 1 unspecified atom stereocenters. The summed E-state index contributed by atoms with van der Waals surface area (Å²) in [7, 11) is 1.62. The number of amides is 3. The van der Waals surface area contributed by atoms with Gasteiger partial charge in [-0.05, 0) is 12.8 Å². The number of nitrogens with zero attached hydrogens (tertiary/aromatic N) is 2. The topological polar surface area (TPSA) is 83.6 Å². The van der Waals surface area contributed by atoms with Crippen molar-refractivity contribution in [3.63, 3.8) is 0 Å². The SMILES string of the molecule is CCC(COC)NC(=O)Cc1csc(N2CCCNC2=O)n1. The van der Waals surface area contributed by atoms with Crippen LogP contribution in [0.4, 0.5) is 9.93 Å². The van der Waals surface area contributed by atoms with Gasteiger partial charge in [-0.15, -0.1) is 11.3 Å². The maximum Gasteiger partial charge on any atom is 0.323 e. The van der Waals surface area contributed by atoms with Gasteiger partial charge in [0, 0.05) is 25.6 Å². The van der Waals surface area contributed by atoms with Crippen LogP contribution in [0, 0.1) is 0 Å². The van der Waals surface area contributed by atoms with E-state index in [1.807, 2.05) is 12.3 Å². The van der Waals surface area contributed by atoms with Crippen molar-refractivity contribution in [2.75, 3.05) is 31.7 Å². The largest absolute Gasteiger partial charge is 0.383 e. The fourth-order valence-corrected chi connectivity index (χ4v) is 3.07. The lowest BCUT2D eigenvalue weighted by atomic mass is 10.2. The summed E-state index contributed by atoms with van der Waals surface area (Å²) in [4.78, 5) is 29.8. The number of rotatable bonds is 7. The third-order valence-electron chi connectivity index (χ3n) is 3.42. The monoisotopic (exact) mass is 326 g/mol. The Morgan fingerprint density at radius 3 is 3.14 bits per heavy atom. The Bertz CT molecular complexity index is 520. The average Bonchev–Trinajstić information content (AvgIpc) is 2.95. The molecule has 1 atom stereocenters. The summed E-state index contributed by atoms with van der Waals surface area (Å²) in [5.74, 6) is -0.0798. The normalized spacial score (nSPS) is 16.3. The summed E-state index contributed by atoms with van der Waals surface area (Å²) in [5, 5.41) is 8.18. The Morgan fingerprint density at radius 1 is 1.64 bits per heavy atom. The molecule has 1 aromatic rings. The molecule has 0 radical (unpaired) electrons. The van der Waals surface area contributed by atoms with Crippen molar-refractivity contribution in [1.29, 1.82) is 0 Å². The van der Waals surface area contributed by atoms with Crippen molar-refractivity contribution in [3.8, 4) is 0 Å². The van der Waals surface area contributed by atoms with Crippen molar-refractivity contribution < 1.29 is 14.3 Å². The Balaban J connectivity index is 1.91. The summed E-state index contributed by atoms with van der Waals surface area (Å²) in [6.45, 7) is 3.86. The van der Waals surface area contributed by atoms with Gasteiger partial charge in [0.25, 0.3) is 0 Å². The van der Waals surface area contributed by atoms with Crippen LogP contribution < -0.4 is 15.5 Å². The summed E-state index contributed by atoms with van der Waals surface area (Å²) in [5.41, 5.74) is 0.683. The van der Waals surface area contributed by atoms with Crippen LogP contribution >= 0.6 is 11.3 Å². The van der Waals surface area contributed by atoms with E-state index in [1.165, 1.54) is 11.3 Å². The van der Waals surface area contributed by atoms with E-state index in [0.29, 0.717) is 30.5 Å². The first-order valence-corrected chi connectivity index (χ1v) is 8.30. The molecule has 1 aliphatic heterocycles. The van der Waals surface area contributed by atoms with E-state index >= 15 is 0 Å². The fraction of sp³-hybridized carbons (Fsp3) is 0.643.